The first-order valence-corrected chi connectivity index (χ1v) is 5.21. The zero-order valence-corrected chi connectivity index (χ0v) is 10.1. The van der Waals surface area contributed by atoms with Gasteiger partial charge in [0, 0.05) is 6.20 Å². The summed E-state index contributed by atoms with van der Waals surface area (Å²) in [6, 6.07) is 0.905. The van der Waals surface area contributed by atoms with Gasteiger partial charge < -0.3 is 9.47 Å². The van der Waals surface area contributed by atoms with Crippen LogP contribution in [0.4, 0.5) is 13.2 Å². The highest BCUT2D eigenvalue weighted by atomic mass is 79.9. The first-order chi connectivity index (χ1) is 7.83. The van der Waals surface area contributed by atoms with E-state index in [2.05, 4.69) is 30.4 Å². The van der Waals surface area contributed by atoms with Gasteiger partial charge in [0.2, 0.25) is 0 Å². The molecule has 0 aliphatic heterocycles. The van der Waals surface area contributed by atoms with Crippen LogP contribution < -0.4 is 4.74 Å². The molecule has 0 radical (unpaired) electrons. The van der Waals surface area contributed by atoms with Gasteiger partial charge in [0.05, 0.1) is 12.2 Å². The Labute approximate surface area is 103 Å². The number of rotatable bonds is 3. The minimum atomic E-state index is -4.85. The molecule has 0 unspecified atom stereocenters. The fourth-order valence-electron chi connectivity index (χ4n) is 0.950. The fourth-order valence-corrected chi connectivity index (χ4v) is 1.25. The number of carbonyl (C=O) groups excluding carboxylic acids is 1. The molecule has 0 aromatic carbocycles. The molecule has 0 amide bonds. The topological polar surface area (TPSA) is 48.4 Å². The van der Waals surface area contributed by atoms with Crippen LogP contribution in [0.1, 0.15) is 17.3 Å². The second-order valence-electron chi connectivity index (χ2n) is 2.78. The number of hydrogen-bond donors (Lipinski definition) is 0. The number of alkyl halides is 3. The van der Waals surface area contributed by atoms with Gasteiger partial charge in [0.1, 0.15) is 4.60 Å². The molecule has 0 spiro atoms. The van der Waals surface area contributed by atoms with E-state index in [-0.39, 0.29) is 16.8 Å². The van der Waals surface area contributed by atoms with Crippen molar-refractivity contribution in [2.24, 2.45) is 0 Å². The molecule has 4 nitrogen and oxygen atoms in total. The zero-order chi connectivity index (χ0) is 13.1. The average molecular weight is 314 g/mol. The summed E-state index contributed by atoms with van der Waals surface area (Å²) in [6.07, 6.45) is -3.76. The SMILES string of the molecule is CCOC(=O)c1cnc(Br)c(OC(F)(F)F)c1. The van der Waals surface area contributed by atoms with Gasteiger partial charge in [0.25, 0.3) is 0 Å². The molecule has 8 heteroatoms. The molecule has 0 saturated carbocycles. The first-order valence-electron chi connectivity index (χ1n) is 4.42. The number of pyridine rings is 1. The quantitative estimate of drug-likeness (QED) is 0.636. The standard InChI is InChI=1S/C9H7BrF3NO3/c1-2-16-8(15)5-3-6(7(10)14-4-5)17-9(11,12)13/h3-4H,2H2,1H3. The predicted octanol–water partition coefficient (Wildman–Crippen LogP) is 2.92. The van der Waals surface area contributed by atoms with E-state index in [0.29, 0.717) is 0 Å². The van der Waals surface area contributed by atoms with Crippen LogP contribution in [0.15, 0.2) is 16.9 Å². The minimum Gasteiger partial charge on any atom is -0.462 e. The highest BCUT2D eigenvalue weighted by molar-refractivity contribution is 9.10. The molecule has 0 aliphatic carbocycles. The first kappa shape index (κ1) is 13.8. The van der Waals surface area contributed by atoms with Crippen molar-refractivity contribution in [1.29, 1.82) is 0 Å². The highest BCUT2D eigenvalue weighted by Crippen LogP contribution is 2.29. The van der Waals surface area contributed by atoms with Crippen LogP contribution in [0, 0.1) is 0 Å². The molecule has 94 valence electrons. The third kappa shape index (κ3) is 4.22. The largest absolute Gasteiger partial charge is 0.573 e. The third-order valence-electron chi connectivity index (χ3n) is 1.54. The summed E-state index contributed by atoms with van der Waals surface area (Å²) in [5.41, 5.74) is -0.116. The van der Waals surface area contributed by atoms with Gasteiger partial charge in [-0.05, 0) is 28.9 Å². The van der Waals surface area contributed by atoms with Gasteiger partial charge in [-0.25, -0.2) is 9.78 Å². The molecule has 1 aromatic heterocycles. The second kappa shape index (κ2) is 5.35. The summed E-state index contributed by atoms with van der Waals surface area (Å²) in [6.45, 7) is 1.70. The number of ether oxygens (including phenoxy) is 2. The molecular formula is C9H7BrF3NO3. The molecule has 0 N–H and O–H groups in total. The molecule has 1 aromatic rings. The van der Waals surface area contributed by atoms with Crippen molar-refractivity contribution >= 4 is 21.9 Å². The highest BCUT2D eigenvalue weighted by Gasteiger charge is 2.32. The van der Waals surface area contributed by atoms with E-state index >= 15 is 0 Å². The normalized spacial score (nSPS) is 11.1. The smallest absolute Gasteiger partial charge is 0.462 e. The number of carbonyl (C=O) groups is 1. The Morgan fingerprint density at radius 1 is 1.53 bits per heavy atom. The molecule has 0 saturated heterocycles. The molecular weight excluding hydrogens is 307 g/mol. The zero-order valence-electron chi connectivity index (χ0n) is 8.55. The van der Waals surface area contributed by atoms with Crippen molar-refractivity contribution in [3.63, 3.8) is 0 Å². The lowest BCUT2D eigenvalue weighted by molar-refractivity contribution is -0.275. The second-order valence-corrected chi connectivity index (χ2v) is 3.53. The van der Waals surface area contributed by atoms with Crippen LogP contribution in [0.5, 0.6) is 5.75 Å². The van der Waals surface area contributed by atoms with Crippen molar-refractivity contribution in [2.75, 3.05) is 6.61 Å². The van der Waals surface area contributed by atoms with E-state index in [0.717, 1.165) is 12.3 Å². The maximum absolute atomic E-state index is 12.0. The molecule has 0 bridgehead atoms. The van der Waals surface area contributed by atoms with Gasteiger partial charge in [-0.3, -0.25) is 0 Å². The van der Waals surface area contributed by atoms with E-state index in [9.17, 15) is 18.0 Å². The molecule has 0 fully saturated rings. The number of aromatic nitrogens is 1. The number of hydrogen-bond acceptors (Lipinski definition) is 4. The van der Waals surface area contributed by atoms with Crippen LogP contribution in [-0.4, -0.2) is 23.9 Å². The van der Waals surface area contributed by atoms with Crippen molar-refractivity contribution in [2.45, 2.75) is 13.3 Å². The summed E-state index contributed by atoms with van der Waals surface area (Å²) in [7, 11) is 0. The molecule has 1 heterocycles. The Balaban J connectivity index is 2.98. The number of nitrogens with zero attached hydrogens (tertiary/aromatic N) is 1. The lowest BCUT2D eigenvalue weighted by atomic mass is 10.3. The van der Waals surface area contributed by atoms with Gasteiger partial charge in [0.15, 0.2) is 5.75 Å². The summed E-state index contributed by atoms with van der Waals surface area (Å²) in [4.78, 5) is 14.8. The molecule has 0 atom stereocenters. The van der Waals surface area contributed by atoms with E-state index in [1.54, 1.807) is 6.92 Å². The summed E-state index contributed by atoms with van der Waals surface area (Å²) in [5.74, 6) is -1.36. The monoisotopic (exact) mass is 313 g/mol. The van der Waals surface area contributed by atoms with Gasteiger partial charge in [-0.2, -0.15) is 0 Å². The maximum atomic E-state index is 12.0. The van der Waals surface area contributed by atoms with Crippen molar-refractivity contribution in [3.8, 4) is 5.75 Å². The maximum Gasteiger partial charge on any atom is 0.573 e. The Morgan fingerprint density at radius 3 is 2.71 bits per heavy atom. The third-order valence-corrected chi connectivity index (χ3v) is 2.14. The van der Waals surface area contributed by atoms with Crippen LogP contribution in [0.2, 0.25) is 0 Å². The number of esters is 1. The van der Waals surface area contributed by atoms with E-state index < -0.39 is 18.1 Å². The lowest BCUT2D eigenvalue weighted by Gasteiger charge is -2.10. The van der Waals surface area contributed by atoms with Crippen LogP contribution in [0.3, 0.4) is 0 Å². The van der Waals surface area contributed by atoms with E-state index in [1.807, 2.05) is 0 Å². The Bertz CT molecular complexity index is 422. The molecule has 17 heavy (non-hydrogen) atoms. The van der Waals surface area contributed by atoms with Crippen LogP contribution in [0.25, 0.3) is 0 Å². The molecule has 1 rings (SSSR count). The summed E-state index contributed by atoms with van der Waals surface area (Å²) < 4.78 is 44.2. The summed E-state index contributed by atoms with van der Waals surface area (Å²) >= 11 is 2.78. The van der Waals surface area contributed by atoms with Gasteiger partial charge >= 0.3 is 12.3 Å². The van der Waals surface area contributed by atoms with Gasteiger partial charge in [-0.15, -0.1) is 13.2 Å². The summed E-state index contributed by atoms with van der Waals surface area (Å²) in [5, 5.41) is 0. The molecule has 0 aliphatic rings. The van der Waals surface area contributed by atoms with E-state index in [1.165, 1.54) is 0 Å². The van der Waals surface area contributed by atoms with Crippen molar-refractivity contribution in [3.05, 3.63) is 22.4 Å². The van der Waals surface area contributed by atoms with E-state index in [4.69, 9.17) is 0 Å². The van der Waals surface area contributed by atoms with Crippen molar-refractivity contribution in [1.82, 2.24) is 4.98 Å². The Kier molecular flexibility index (Phi) is 4.33. The minimum absolute atomic E-state index is 0.115. The van der Waals surface area contributed by atoms with Crippen molar-refractivity contribution < 1.29 is 27.4 Å². The average Bonchev–Trinajstić information content (AvgIpc) is 2.19. The Morgan fingerprint density at radius 2 is 2.18 bits per heavy atom. The Hall–Kier alpha value is -1.31. The van der Waals surface area contributed by atoms with Gasteiger partial charge in [-0.1, -0.05) is 0 Å². The number of halogens is 4. The lowest BCUT2D eigenvalue weighted by Crippen LogP contribution is -2.18. The van der Waals surface area contributed by atoms with Crippen LogP contribution >= 0.6 is 15.9 Å². The fraction of sp³-hybridized carbons (Fsp3) is 0.333. The predicted molar refractivity (Wildman–Crippen MR) is 54.6 cm³/mol. The van der Waals surface area contributed by atoms with Crippen LogP contribution in [-0.2, 0) is 4.74 Å².